The molecule has 0 aliphatic rings. The summed E-state index contributed by atoms with van der Waals surface area (Å²) in [4.78, 5) is 14.1. The van der Waals surface area contributed by atoms with Gasteiger partial charge in [0.15, 0.2) is 0 Å². The minimum atomic E-state index is -0.603. The van der Waals surface area contributed by atoms with E-state index >= 15 is 0 Å². The first-order valence-electron chi connectivity index (χ1n) is 4.93. The van der Waals surface area contributed by atoms with Crippen LogP contribution in [-0.2, 0) is 0 Å². The molecule has 0 radical (unpaired) electrons. The zero-order chi connectivity index (χ0) is 12.8. The fourth-order valence-electron chi connectivity index (χ4n) is 1.18. The van der Waals surface area contributed by atoms with Crippen molar-refractivity contribution >= 4 is 17.3 Å². The number of anilines is 2. The highest BCUT2D eigenvalue weighted by atomic mass is 16.6. The molecule has 0 amide bonds. The van der Waals surface area contributed by atoms with Crippen LogP contribution < -0.4 is 10.6 Å². The number of nitrogens with zero attached hydrogens (tertiary/aromatic N) is 2. The highest BCUT2D eigenvalue weighted by Crippen LogP contribution is 2.20. The van der Waals surface area contributed by atoms with Gasteiger partial charge in [0.1, 0.15) is 11.6 Å². The predicted octanol–water partition coefficient (Wildman–Crippen LogP) is -0.203. The van der Waals surface area contributed by atoms with Crippen molar-refractivity contribution in [2.75, 3.05) is 30.9 Å². The Morgan fingerprint density at radius 1 is 1.41 bits per heavy atom. The van der Waals surface area contributed by atoms with E-state index in [1.165, 1.54) is 12.1 Å². The molecule has 0 aliphatic heterocycles. The Morgan fingerprint density at radius 2 is 2.00 bits per heavy atom. The number of hydrogen-bond acceptors (Lipinski definition) is 7. The zero-order valence-electron chi connectivity index (χ0n) is 9.25. The first kappa shape index (κ1) is 13.1. The number of hydrogen-bond donors (Lipinski definition) is 4. The van der Waals surface area contributed by atoms with Crippen molar-refractivity contribution in [2.24, 2.45) is 0 Å². The Kier molecular flexibility index (Phi) is 4.61. The largest absolute Gasteiger partial charge is 0.394 e. The number of aliphatic hydroxyl groups is 2. The lowest BCUT2D eigenvalue weighted by molar-refractivity contribution is -0.384. The summed E-state index contributed by atoms with van der Waals surface area (Å²) in [6.07, 6.45) is 0. The number of aliphatic hydroxyl groups excluding tert-OH is 2. The molecule has 0 atom stereocenters. The standard InChI is InChI=1S/C9H14N4O4/c1-10-8-2-7(13(16)17)3-9(12-8)11-6(4-14)5-15/h2-3,6,14-15H,4-5H2,1H3,(H2,10,11,12). The zero-order valence-corrected chi connectivity index (χ0v) is 9.25. The van der Waals surface area contributed by atoms with Crippen molar-refractivity contribution in [1.29, 1.82) is 0 Å². The van der Waals surface area contributed by atoms with Crippen molar-refractivity contribution in [3.63, 3.8) is 0 Å². The Hall–Kier alpha value is -1.93. The second-order valence-electron chi connectivity index (χ2n) is 3.31. The Morgan fingerprint density at radius 3 is 2.47 bits per heavy atom. The number of pyridine rings is 1. The van der Waals surface area contributed by atoms with Crippen LogP contribution in [0.15, 0.2) is 12.1 Å². The second kappa shape index (κ2) is 5.97. The maximum Gasteiger partial charge on any atom is 0.276 e. The summed E-state index contributed by atoms with van der Waals surface area (Å²) in [6.45, 7) is -0.592. The highest BCUT2D eigenvalue weighted by molar-refractivity contribution is 5.54. The number of aromatic nitrogens is 1. The van der Waals surface area contributed by atoms with Gasteiger partial charge in [0, 0.05) is 7.05 Å². The van der Waals surface area contributed by atoms with Crippen LogP contribution in [-0.4, -0.2) is 46.4 Å². The average molecular weight is 242 g/mol. The molecule has 1 aromatic rings. The third-order valence-electron chi connectivity index (χ3n) is 2.07. The molecule has 8 heteroatoms. The highest BCUT2D eigenvalue weighted by Gasteiger charge is 2.13. The monoisotopic (exact) mass is 242 g/mol. The molecule has 0 saturated carbocycles. The molecule has 0 unspecified atom stereocenters. The van der Waals surface area contributed by atoms with Crippen LogP contribution in [0, 0.1) is 10.1 Å². The number of rotatable bonds is 6. The minimum Gasteiger partial charge on any atom is -0.394 e. The lowest BCUT2D eigenvalue weighted by atomic mass is 10.3. The van der Waals surface area contributed by atoms with Crippen molar-refractivity contribution in [3.05, 3.63) is 22.2 Å². The van der Waals surface area contributed by atoms with E-state index in [0.717, 1.165) is 0 Å². The lowest BCUT2D eigenvalue weighted by Gasteiger charge is -2.14. The van der Waals surface area contributed by atoms with Crippen LogP contribution in [0.25, 0.3) is 0 Å². The fourth-order valence-corrected chi connectivity index (χ4v) is 1.18. The van der Waals surface area contributed by atoms with E-state index in [9.17, 15) is 10.1 Å². The summed E-state index contributed by atoms with van der Waals surface area (Å²) in [5.41, 5.74) is -0.124. The van der Waals surface area contributed by atoms with E-state index in [1.54, 1.807) is 7.05 Å². The SMILES string of the molecule is CNc1cc([N+](=O)[O-])cc(NC(CO)CO)n1. The molecule has 1 heterocycles. The van der Waals surface area contributed by atoms with Gasteiger partial charge in [-0.3, -0.25) is 10.1 Å². The van der Waals surface area contributed by atoms with Gasteiger partial charge in [-0.1, -0.05) is 0 Å². The fraction of sp³-hybridized carbons (Fsp3) is 0.444. The van der Waals surface area contributed by atoms with Crippen LogP contribution in [0.1, 0.15) is 0 Å². The molecular formula is C9H14N4O4. The predicted molar refractivity (Wildman–Crippen MR) is 62.0 cm³/mol. The van der Waals surface area contributed by atoms with Gasteiger partial charge in [0.2, 0.25) is 0 Å². The summed E-state index contributed by atoms with van der Waals surface area (Å²) in [5.74, 6) is 0.549. The minimum absolute atomic E-state index is 0.124. The van der Waals surface area contributed by atoms with Gasteiger partial charge in [0.25, 0.3) is 5.69 Å². The van der Waals surface area contributed by atoms with Gasteiger partial charge in [-0.2, -0.15) is 0 Å². The van der Waals surface area contributed by atoms with Gasteiger partial charge >= 0.3 is 0 Å². The topological polar surface area (TPSA) is 121 Å². The molecule has 0 saturated heterocycles. The third-order valence-corrected chi connectivity index (χ3v) is 2.07. The molecule has 94 valence electrons. The summed E-state index contributed by atoms with van der Waals surface area (Å²) in [6, 6.07) is 1.92. The van der Waals surface area contributed by atoms with Crippen molar-refractivity contribution in [2.45, 2.75) is 6.04 Å². The van der Waals surface area contributed by atoms with E-state index in [-0.39, 0.29) is 24.7 Å². The molecule has 8 nitrogen and oxygen atoms in total. The van der Waals surface area contributed by atoms with Gasteiger partial charge < -0.3 is 20.8 Å². The van der Waals surface area contributed by atoms with Crippen molar-refractivity contribution in [1.82, 2.24) is 4.98 Å². The van der Waals surface area contributed by atoms with E-state index in [0.29, 0.717) is 5.82 Å². The molecule has 4 N–H and O–H groups in total. The number of nitro groups is 1. The Bertz CT molecular complexity index is 395. The van der Waals surface area contributed by atoms with Gasteiger partial charge in [0.05, 0.1) is 36.3 Å². The molecule has 0 aromatic carbocycles. The molecule has 0 spiro atoms. The van der Waals surface area contributed by atoms with Gasteiger partial charge in [-0.15, -0.1) is 0 Å². The van der Waals surface area contributed by atoms with Crippen molar-refractivity contribution < 1.29 is 15.1 Å². The first-order valence-corrected chi connectivity index (χ1v) is 4.93. The summed E-state index contributed by atoms with van der Waals surface area (Å²) in [7, 11) is 1.59. The summed E-state index contributed by atoms with van der Waals surface area (Å²) in [5, 5.41) is 33.8. The molecule has 0 fully saturated rings. The maximum absolute atomic E-state index is 10.7. The number of nitrogens with one attached hydrogen (secondary N) is 2. The third kappa shape index (κ3) is 3.54. The van der Waals surface area contributed by atoms with Crippen LogP contribution >= 0.6 is 0 Å². The van der Waals surface area contributed by atoms with E-state index in [1.807, 2.05) is 0 Å². The Labute approximate surface area is 97.5 Å². The molecule has 0 bridgehead atoms. The molecular weight excluding hydrogens is 228 g/mol. The lowest BCUT2D eigenvalue weighted by Crippen LogP contribution is -2.28. The molecule has 1 aromatic heterocycles. The van der Waals surface area contributed by atoms with E-state index in [4.69, 9.17) is 10.2 Å². The maximum atomic E-state index is 10.7. The summed E-state index contributed by atoms with van der Waals surface area (Å²) >= 11 is 0. The summed E-state index contributed by atoms with van der Waals surface area (Å²) < 4.78 is 0. The normalized spacial score (nSPS) is 10.4. The molecule has 0 aliphatic carbocycles. The second-order valence-corrected chi connectivity index (χ2v) is 3.31. The first-order chi connectivity index (χ1) is 8.10. The van der Waals surface area contributed by atoms with E-state index < -0.39 is 11.0 Å². The molecule has 1 rings (SSSR count). The van der Waals surface area contributed by atoms with Crippen LogP contribution in [0.2, 0.25) is 0 Å². The average Bonchev–Trinajstić information content (AvgIpc) is 2.35. The van der Waals surface area contributed by atoms with Gasteiger partial charge in [-0.25, -0.2) is 4.98 Å². The molecule has 17 heavy (non-hydrogen) atoms. The quantitative estimate of drug-likeness (QED) is 0.402. The van der Waals surface area contributed by atoms with Crippen LogP contribution in [0.5, 0.6) is 0 Å². The van der Waals surface area contributed by atoms with Crippen LogP contribution in [0.3, 0.4) is 0 Å². The van der Waals surface area contributed by atoms with E-state index in [2.05, 4.69) is 15.6 Å². The van der Waals surface area contributed by atoms with Crippen molar-refractivity contribution in [3.8, 4) is 0 Å². The van der Waals surface area contributed by atoms with Crippen LogP contribution in [0.4, 0.5) is 17.3 Å². The smallest absolute Gasteiger partial charge is 0.276 e. The Balaban J connectivity index is 2.98. The van der Waals surface area contributed by atoms with Gasteiger partial charge in [-0.05, 0) is 0 Å².